The number of nitrogens with one attached hydrogen (secondary N) is 2. The largest absolute Gasteiger partial charge is 0.354 e. The number of aliphatic imine (C=N–C) groups is 1. The van der Waals surface area contributed by atoms with Crippen LogP contribution in [0.2, 0.25) is 0 Å². The van der Waals surface area contributed by atoms with Gasteiger partial charge in [0.2, 0.25) is 0 Å². The molecule has 3 rings (SSSR count). The molecule has 0 amide bonds. The smallest absolute Gasteiger partial charge is 0.191 e. The zero-order valence-electron chi connectivity index (χ0n) is 12.5. The maximum atomic E-state index is 6.22. The van der Waals surface area contributed by atoms with Crippen LogP contribution < -0.4 is 10.6 Å². The Morgan fingerprint density at radius 3 is 2.60 bits per heavy atom. The molecule has 0 bridgehead atoms. The molecule has 1 unspecified atom stereocenters. The first kappa shape index (κ1) is 14.1. The normalized spacial score (nSPS) is 30.2. The molecule has 2 N–H and O–H groups in total. The van der Waals surface area contributed by atoms with Gasteiger partial charge in [0.05, 0.1) is 6.61 Å². The number of hydrogen-bond acceptors (Lipinski definition) is 3. The number of rotatable bonds is 3. The Morgan fingerprint density at radius 2 is 1.95 bits per heavy atom. The molecular formula is C15H27N3O2. The summed E-state index contributed by atoms with van der Waals surface area (Å²) in [4.78, 5) is 4.25. The van der Waals surface area contributed by atoms with Crippen LogP contribution >= 0.6 is 0 Å². The first-order chi connectivity index (χ1) is 9.80. The van der Waals surface area contributed by atoms with Crippen LogP contribution in [0.3, 0.4) is 0 Å². The molecule has 0 aromatic heterocycles. The highest BCUT2D eigenvalue weighted by molar-refractivity contribution is 5.80. The Labute approximate surface area is 121 Å². The summed E-state index contributed by atoms with van der Waals surface area (Å²) in [7, 11) is 1.82. The van der Waals surface area contributed by atoms with Crippen molar-refractivity contribution in [1.29, 1.82) is 0 Å². The monoisotopic (exact) mass is 281 g/mol. The molecule has 3 aliphatic rings. The van der Waals surface area contributed by atoms with Gasteiger partial charge in [-0.25, -0.2) is 0 Å². The van der Waals surface area contributed by atoms with E-state index < -0.39 is 0 Å². The Morgan fingerprint density at radius 1 is 1.20 bits per heavy atom. The minimum Gasteiger partial charge on any atom is -0.354 e. The Balaban J connectivity index is 1.44. The average molecular weight is 281 g/mol. The first-order valence-electron chi connectivity index (χ1n) is 8.09. The third-order valence-electron chi connectivity index (χ3n) is 4.42. The first-order valence-corrected chi connectivity index (χ1v) is 8.09. The second kappa shape index (κ2) is 6.31. The SMILES string of the molecule is CN=C(NCC1COC2(CCCCCC2)O1)NC1CC1. The van der Waals surface area contributed by atoms with E-state index in [0.717, 1.165) is 25.3 Å². The Kier molecular flexibility index (Phi) is 4.46. The maximum Gasteiger partial charge on any atom is 0.191 e. The van der Waals surface area contributed by atoms with E-state index in [2.05, 4.69) is 15.6 Å². The van der Waals surface area contributed by atoms with Crippen molar-refractivity contribution in [3.63, 3.8) is 0 Å². The van der Waals surface area contributed by atoms with Crippen LogP contribution in [-0.4, -0.2) is 44.1 Å². The summed E-state index contributed by atoms with van der Waals surface area (Å²) in [5.41, 5.74) is 0. The third kappa shape index (κ3) is 3.64. The molecule has 3 fully saturated rings. The second-order valence-corrected chi connectivity index (χ2v) is 6.25. The van der Waals surface area contributed by atoms with Gasteiger partial charge >= 0.3 is 0 Å². The van der Waals surface area contributed by atoms with Crippen molar-refractivity contribution in [3.8, 4) is 0 Å². The van der Waals surface area contributed by atoms with Gasteiger partial charge in [0.1, 0.15) is 6.10 Å². The quantitative estimate of drug-likeness (QED) is 0.611. The van der Waals surface area contributed by atoms with Crippen molar-refractivity contribution in [2.45, 2.75) is 69.3 Å². The van der Waals surface area contributed by atoms with Gasteiger partial charge in [0.15, 0.2) is 11.7 Å². The molecule has 5 nitrogen and oxygen atoms in total. The van der Waals surface area contributed by atoms with Crippen molar-refractivity contribution in [2.24, 2.45) is 4.99 Å². The van der Waals surface area contributed by atoms with Crippen molar-refractivity contribution < 1.29 is 9.47 Å². The molecule has 2 aliphatic carbocycles. The molecule has 1 aliphatic heterocycles. The summed E-state index contributed by atoms with van der Waals surface area (Å²) >= 11 is 0. The van der Waals surface area contributed by atoms with E-state index in [0.29, 0.717) is 12.6 Å². The lowest BCUT2D eigenvalue weighted by molar-refractivity contribution is -0.175. The molecule has 1 saturated heterocycles. The van der Waals surface area contributed by atoms with E-state index in [1.54, 1.807) is 0 Å². The fraction of sp³-hybridized carbons (Fsp3) is 0.933. The van der Waals surface area contributed by atoms with Crippen molar-refractivity contribution >= 4 is 5.96 Å². The number of nitrogens with zero attached hydrogens (tertiary/aromatic N) is 1. The lowest BCUT2D eigenvalue weighted by atomic mass is 10.1. The average Bonchev–Trinajstić information content (AvgIpc) is 3.22. The summed E-state index contributed by atoms with van der Waals surface area (Å²) in [6.45, 7) is 1.47. The highest BCUT2D eigenvalue weighted by atomic mass is 16.7. The van der Waals surface area contributed by atoms with Gasteiger partial charge in [0.25, 0.3) is 0 Å². The van der Waals surface area contributed by atoms with E-state index in [1.807, 2.05) is 7.05 Å². The summed E-state index contributed by atoms with van der Waals surface area (Å²) in [6.07, 6.45) is 9.85. The summed E-state index contributed by atoms with van der Waals surface area (Å²) < 4.78 is 12.2. The van der Waals surface area contributed by atoms with Crippen molar-refractivity contribution in [2.75, 3.05) is 20.2 Å². The van der Waals surface area contributed by atoms with Crippen LogP contribution in [0, 0.1) is 0 Å². The van der Waals surface area contributed by atoms with Crippen LogP contribution in [0.25, 0.3) is 0 Å². The molecule has 1 atom stereocenters. The zero-order valence-corrected chi connectivity index (χ0v) is 12.5. The van der Waals surface area contributed by atoms with Gasteiger partial charge < -0.3 is 20.1 Å². The molecular weight excluding hydrogens is 254 g/mol. The van der Waals surface area contributed by atoms with Gasteiger partial charge in [0, 0.05) is 32.5 Å². The van der Waals surface area contributed by atoms with Crippen LogP contribution in [-0.2, 0) is 9.47 Å². The van der Waals surface area contributed by atoms with Crippen LogP contribution in [0.1, 0.15) is 51.4 Å². The predicted molar refractivity (Wildman–Crippen MR) is 78.8 cm³/mol. The Bertz CT molecular complexity index is 347. The second-order valence-electron chi connectivity index (χ2n) is 6.25. The number of guanidine groups is 1. The van der Waals surface area contributed by atoms with Gasteiger partial charge in [-0.3, -0.25) is 4.99 Å². The molecule has 20 heavy (non-hydrogen) atoms. The summed E-state index contributed by atoms with van der Waals surface area (Å²) in [6, 6.07) is 0.621. The lowest BCUT2D eigenvalue weighted by Crippen LogP contribution is -2.43. The minimum atomic E-state index is -0.281. The molecule has 114 valence electrons. The fourth-order valence-electron chi connectivity index (χ4n) is 3.07. The number of ether oxygens (including phenoxy) is 2. The summed E-state index contributed by atoms with van der Waals surface area (Å²) in [5, 5.41) is 6.74. The number of hydrogen-bond donors (Lipinski definition) is 2. The van der Waals surface area contributed by atoms with Gasteiger partial charge in [-0.1, -0.05) is 12.8 Å². The van der Waals surface area contributed by atoms with Crippen molar-refractivity contribution in [1.82, 2.24) is 10.6 Å². The van der Waals surface area contributed by atoms with Crippen molar-refractivity contribution in [3.05, 3.63) is 0 Å². The molecule has 1 heterocycles. The Hall–Kier alpha value is -0.810. The van der Waals surface area contributed by atoms with E-state index in [4.69, 9.17) is 9.47 Å². The summed E-state index contributed by atoms with van der Waals surface area (Å²) in [5.74, 6) is 0.605. The maximum absolute atomic E-state index is 6.22. The molecule has 0 aromatic rings. The minimum absolute atomic E-state index is 0.144. The fourth-order valence-corrected chi connectivity index (χ4v) is 3.07. The molecule has 2 saturated carbocycles. The zero-order chi connectivity index (χ0) is 13.8. The molecule has 5 heteroatoms. The van der Waals surface area contributed by atoms with Gasteiger partial charge in [-0.05, 0) is 25.7 Å². The van der Waals surface area contributed by atoms with E-state index in [1.165, 1.54) is 38.5 Å². The molecule has 1 spiro atoms. The van der Waals surface area contributed by atoms with Gasteiger partial charge in [-0.2, -0.15) is 0 Å². The predicted octanol–water partition coefficient (Wildman–Crippen LogP) is 1.78. The van der Waals surface area contributed by atoms with Gasteiger partial charge in [-0.15, -0.1) is 0 Å². The topological polar surface area (TPSA) is 54.9 Å². The highest BCUT2D eigenvalue weighted by Crippen LogP contribution is 2.36. The highest BCUT2D eigenvalue weighted by Gasteiger charge is 2.41. The van der Waals surface area contributed by atoms with E-state index >= 15 is 0 Å². The van der Waals surface area contributed by atoms with E-state index in [-0.39, 0.29) is 11.9 Å². The standard InChI is InChI=1S/C15H27N3O2/c1-16-14(18-12-6-7-12)17-10-13-11-19-15(20-13)8-4-2-3-5-9-15/h12-13H,2-11H2,1H3,(H2,16,17,18). The van der Waals surface area contributed by atoms with Crippen LogP contribution in [0.4, 0.5) is 0 Å². The van der Waals surface area contributed by atoms with E-state index in [9.17, 15) is 0 Å². The molecule has 0 radical (unpaired) electrons. The van der Waals surface area contributed by atoms with Crippen LogP contribution in [0.5, 0.6) is 0 Å². The lowest BCUT2D eigenvalue weighted by Gasteiger charge is -2.26. The van der Waals surface area contributed by atoms with Crippen LogP contribution in [0.15, 0.2) is 4.99 Å². The third-order valence-corrected chi connectivity index (χ3v) is 4.42. The molecule has 0 aromatic carbocycles.